The number of amides is 1. The fourth-order valence-electron chi connectivity index (χ4n) is 5.24. The fourth-order valence-corrected chi connectivity index (χ4v) is 5.24. The lowest BCUT2D eigenvalue weighted by Crippen LogP contribution is -2.52. The first-order valence-electron chi connectivity index (χ1n) is 15.1. The molecule has 3 N–H and O–H groups in total. The second kappa shape index (κ2) is 20.4. The van der Waals surface area contributed by atoms with Crippen molar-refractivity contribution >= 4 is 30.1 Å². The van der Waals surface area contributed by atoms with Crippen LogP contribution in [0, 0.1) is 23.7 Å². The predicted octanol–water partition coefficient (Wildman–Crippen LogP) is 2.97. The van der Waals surface area contributed by atoms with Crippen LogP contribution in [0.2, 0.25) is 0 Å². The van der Waals surface area contributed by atoms with Gasteiger partial charge in [-0.2, -0.15) is 4.94 Å². The summed E-state index contributed by atoms with van der Waals surface area (Å²) in [5.74, 6) is -3.65. The molecule has 2 rings (SSSR count). The van der Waals surface area contributed by atoms with Crippen LogP contribution in [0.25, 0.3) is 0 Å². The number of ketones is 2. The number of esters is 1. The minimum Gasteiger partial charge on any atom is -0.467 e. The number of alkyl carbamates (subject to hydrolysis) is 1. The highest BCUT2D eigenvalue weighted by Crippen LogP contribution is 2.31. The third kappa shape index (κ3) is 12.7. The van der Waals surface area contributed by atoms with Crippen LogP contribution in [0.15, 0.2) is 0 Å². The molecule has 0 spiro atoms. The van der Waals surface area contributed by atoms with E-state index >= 15 is 0 Å². The van der Waals surface area contributed by atoms with Crippen LogP contribution >= 0.6 is 0 Å². The standard InChI is InChI=1S/C21H33NO8.C8H16FNO2.CH5N/c1-7-8-12(2)16(24)14(4)18-21(6,30-20(27)22-18)10-29-19(26)15(5)17(25)13(3)9-28-11-23;1-6-4-7(10(2)3)5-8(11-6)12-9;1-2/h11-15,18H,7-10H2,1-6H3,(H,22,27);6-8H,4-5H2,1-3H3;2H2,1H3/t12-,13-,14?,15?,18?,21-;;/m1../s1. The van der Waals surface area contributed by atoms with E-state index < -0.39 is 53.5 Å². The molecule has 2 saturated heterocycles. The number of hydrogen-bond donors (Lipinski definition) is 2. The Morgan fingerprint density at radius 3 is 2.27 bits per heavy atom. The summed E-state index contributed by atoms with van der Waals surface area (Å²) < 4.78 is 32.2. The normalized spacial score (nSPS) is 27.1. The molecule has 2 fully saturated rings. The maximum Gasteiger partial charge on any atom is 0.408 e. The highest BCUT2D eigenvalue weighted by Gasteiger charge is 2.51. The molecule has 0 radical (unpaired) electrons. The number of nitrogens with zero attached hydrogens (tertiary/aromatic N) is 1. The number of nitrogens with one attached hydrogen (secondary N) is 1. The van der Waals surface area contributed by atoms with Gasteiger partial charge in [-0.15, -0.1) is 0 Å². The van der Waals surface area contributed by atoms with Crippen LogP contribution in [0.5, 0.6) is 0 Å². The molecule has 256 valence electrons. The van der Waals surface area contributed by atoms with Crippen molar-refractivity contribution < 1.29 is 52.4 Å². The molecular weight excluding hydrogens is 581 g/mol. The van der Waals surface area contributed by atoms with Gasteiger partial charge in [-0.25, -0.2) is 4.79 Å². The molecule has 0 saturated carbocycles. The molecule has 9 atom stereocenters. The average molecular weight is 636 g/mol. The number of Topliss-reactive ketones (excluding diaryl/α,β-unsaturated/α-hetero) is 2. The van der Waals surface area contributed by atoms with Crippen LogP contribution in [0.4, 0.5) is 9.32 Å². The molecule has 0 aromatic rings. The molecular formula is C30H54FN3O10. The van der Waals surface area contributed by atoms with Crippen molar-refractivity contribution in [3.8, 4) is 0 Å². The van der Waals surface area contributed by atoms with Crippen molar-refractivity contribution in [3.63, 3.8) is 0 Å². The van der Waals surface area contributed by atoms with Gasteiger partial charge in [-0.1, -0.05) is 34.1 Å². The van der Waals surface area contributed by atoms with E-state index in [0.29, 0.717) is 12.5 Å². The van der Waals surface area contributed by atoms with Gasteiger partial charge in [0.25, 0.3) is 6.47 Å². The van der Waals surface area contributed by atoms with Crippen molar-refractivity contribution in [2.45, 2.75) is 104 Å². The van der Waals surface area contributed by atoms with Crippen molar-refractivity contribution in [1.29, 1.82) is 0 Å². The minimum absolute atomic E-state index is 0.00208. The summed E-state index contributed by atoms with van der Waals surface area (Å²) in [6, 6.07) is -0.315. The number of nitrogens with two attached hydrogens (primary N) is 1. The van der Waals surface area contributed by atoms with Crippen molar-refractivity contribution in [2.24, 2.45) is 29.4 Å². The molecule has 14 heteroatoms. The van der Waals surface area contributed by atoms with E-state index in [1.807, 2.05) is 34.9 Å². The van der Waals surface area contributed by atoms with E-state index in [9.17, 15) is 28.5 Å². The Bertz CT molecular complexity index is 924. The summed E-state index contributed by atoms with van der Waals surface area (Å²) in [6.45, 7) is 11.8. The first kappa shape index (κ1) is 41.3. The predicted molar refractivity (Wildman–Crippen MR) is 160 cm³/mol. The minimum atomic E-state index is -1.25. The average Bonchev–Trinajstić information content (AvgIpc) is 3.31. The zero-order valence-corrected chi connectivity index (χ0v) is 27.9. The Hall–Kier alpha value is -2.68. The Morgan fingerprint density at radius 1 is 1.14 bits per heavy atom. The molecule has 0 aromatic carbocycles. The van der Waals surface area contributed by atoms with E-state index in [4.69, 9.17) is 14.2 Å². The summed E-state index contributed by atoms with van der Waals surface area (Å²) in [4.78, 5) is 65.3. The van der Waals surface area contributed by atoms with Crippen LogP contribution in [0.1, 0.15) is 74.1 Å². The van der Waals surface area contributed by atoms with E-state index in [-0.39, 0.29) is 37.5 Å². The third-order valence-electron chi connectivity index (χ3n) is 7.88. The van der Waals surface area contributed by atoms with Gasteiger partial charge in [0.15, 0.2) is 17.7 Å². The van der Waals surface area contributed by atoms with Gasteiger partial charge in [0.1, 0.15) is 24.9 Å². The highest BCUT2D eigenvalue weighted by molar-refractivity contribution is 5.99. The van der Waals surface area contributed by atoms with E-state index in [2.05, 4.69) is 25.6 Å². The SMILES string of the molecule is CC1CC(N(C)C)CC(OF)O1.CCC[C@@H](C)C(=O)C(C)C1NC(=O)O[C@]1(C)COC(=O)C(C)C(=O)[C@H](C)COC=O.CN. The molecule has 2 heterocycles. The van der Waals surface area contributed by atoms with Crippen molar-refractivity contribution in [1.82, 2.24) is 10.2 Å². The quantitative estimate of drug-likeness (QED) is 0.117. The van der Waals surface area contributed by atoms with E-state index in [1.54, 1.807) is 20.8 Å². The molecule has 0 bridgehead atoms. The Kier molecular flexibility index (Phi) is 19.1. The number of carbonyl (C=O) groups is 5. The zero-order valence-electron chi connectivity index (χ0n) is 27.9. The van der Waals surface area contributed by atoms with Crippen LogP contribution in [-0.4, -0.2) is 99.4 Å². The van der Waals surface area contributed by atoms with Gasteiger partial charge < -0.3 is 34.9 Å². The summed E-state index contributed by atoms with van der Waals surface area (Å²) >= 11 is 0. The first-order chi connectivity index (χ1) is 20.6. The molecule has 1 amide bonds. The summed E-state index contributed by atoms with van der Waals surface area (Å²) in [5.41, 5.74) is 3.25. The number of cyclic esters (lactones) is 1. The topological polar surface area (TPSA) is 173 Å². The lowest BCUT2D eigenvalue weighted by Gasteiger charge is -2.34. The molecule has 2 aliphatic rings. The van der Waals surface area contributed by atoms with Crippen LogP contribution in [-0.2, 0) is 43.1 Å². The maximum absolute atomic E-state index is 12.7. The largest absolute Gasteiger partial charge is 0.467 e. The molecule has 6 unspecified atom stereocenters. The van der Waals surface area contributed by atoms with Gasteiger partial charge in [-0.05, 0) is 59.3 Å². The fraction of sp³-hybridized carbons (Fsp3) is 0.833. The van der Waals surface area contributed by atoms with E-state index in [0.717, 1.165) is 19.3 Å². The Morgan fingerprint density at radius 2 is 1.75 bits per heavy atom. The monoisotopic (exact) mass is 635 g/mol. The third-order valence-corrected chi connectivity index (χ3v) is 7.88. The summed E-state index contributed by atoms with van der Waals surface area (Å²) in [6.07, 6.45) is 1.85. The number of rotatable bonds is 15. The molecule has 0 aromatic heterocycles. The Balaban J connectivity index is 0.00000109. The highest BCUT2D eigenvalue weighted by atomic mass is 19.3. The molecule has 13 nitrogen and oxygen atoms in total. The van der Waals surface area contributed by atoms with Crippen LogP contribution in [0.3, 0.4) is 0 Å². The first-order valence-corrected chi connectivity index (χ1v) is 15.1. The van der Waals surface area contributed by atoms with Gasteiger partial charge in [-0.3, -0.25) is 19.2 Å². The molecule has 0 aliphatic carbocycles. The second-order valence-corrected chi connectivity index (χ2v) is 11.8. The number of hydrogen-bond acceptors (Lipinski definition) is 12. The van der Waals surface area contributed by atoms with Crippen molar-refractivity contribution in [2.75, 3.05) is 34.4 Å². The van der Waals surface area contributed by atoms with Crippen LogP contribution < -0.4 is 11.1 Å². The van der Waals surface area contributed by atoms with Gasteiger partial charge >= 0.3 is 12.1 Å². The number of carbonyl (C=O) groups excluding carboxylic acids is 5. The second-order valence-electron chi connectivity index (χ2n) is 11.8. The summed E-state index contributed by atoms with van der Waals surface area (Å²) in [5, 5.41) is 2.65. The maximum atomic E-state index is 12.7. The molecule has 2 aliphatic heterocycles. The Labute approximate surface area is 260 Å². The lowest BCUT2D eigenvalue weighted by atomic mass is 9.81. The lowest BCUT2D eigenvalue weighted by molar-refractivity contribution is -0.304. The van der Waals surface area contributed by atoms with Crippen molar-refractivity contribution in [3.05, 3.63) is 0 Å². The zero-order chi connectivity index (χ0) is 34.2. The summed E-state index contributed by atoms with van der Waals surface area (Å²) in [7, 11) is 5.47. The number of halogens is 1. The molecule has 44 heavy (non-hydrogen) atoms. The number of ether oxygens (including phenoxy) is 4. The smallest absolute Gasteiger partial charge is 0.408 e. The van der Waals surface area contributed by atoms with Gasteiger partial charge in [0.2, 0.25) is 0 Å². The van der Waals surface area contributed by atoms with Gasteiger partial charge in [0.05, 0.1) is 12.1 Å². The van der Waals surface area contributed by atoms with Gasteiger partial charge in [0, 0.05) is 30.2 Å². The van der Waals surface area contributed by atoms with E-state index in [1.165, 1.54) is 14.0 Å².